The van der Waals surface area contributed by atoms with Crippen LogP contribution in [0.25, 0.3) is 0 Å². The first-order valence-electron chi connectivity index (χ1n) is 37.4. The van der Waals surface area contributed by atoms with Crippen molar-refractivity contribution in [1.82, 2.24) is 10.6 Å². The predicted molar refractivity (Wildman–Crippen MR) is 364 cm³/mol. The molecule has 0 saturated carbocycles. The number of hydrogen-bond donors (Lipinski definition) is 8. The van der Waals surface area contributed by atoms with Gasteiger partial charge >= 0.3 is 13.8 Å². The van der Waals surface area contributed by atoms with Gasteiger partial charge in [-0.2, -0.15) is 0 Å². The average molecular weight is 1350 g/mol. The minimum atomic E-state index is -5.20. The van der Waals surface area contributed by atoms with E-state index in [1.54, 1.807) is 0 Å². The van der Waals surface area contributed by atoms with Crippen molar-refractivity contribution in [3.8, 4) is 0 Å². The number of carboxylic acid groups (broad SMARTS) is 1. The Morgan fingerprint density at radius 2 is 0.914 bits per heavy atom. The molecule has 93 heavy (non-hydrogen) atoms. The number of aliphatic hydroxyl groups is 3. The number of rotatable bonds is 64. The van der Waals surface area contributed by atoms with Crippen molar-refractivity contribution < 1.29 is 91.6 Å². The fraction of sp³-hybridized carbons (Fsp3) is 0.958. The van der Waals surface area contributed by atoms with Crippen molar-refractivity contribution >= 4 is 25.6 Å². The van der Waals surface area contributed by atoms with Gasteiger partial charge in [-0.15, -0.1) is 0 Å². The number of carbonyl (C=O) groups excluding carboxylic acids is 2. The Kier molecular flexibility index (Phi) is 53.3. The van der Waals surface area contributed by atoms with E-state index in [0.717, 1.165) is 96.5 Å². The molecule has 5 unspecified atom stereocenters. The predicted octanol–water partition coefficient (Wildman–Crippen LogP) is 13.8. The highest BCUT2D eigenvalue weighted by Crippen LogP contribution is 2.43. The molecular formula is C71H137N2O19P. The topological polar surface area (TPSA) is 297 Å². The summed E-state index contributed by atoms with van der Waals surface area (Å²) >= 11 is 0. The minimum absolute atomic E-state index is 0.0610. The highest BCUT2D eigenvalue weighted by Gasteiger charge is 2.52. The van der Waals surface area contributed by atoms with E-state index in [1.165, 1.54) is 162 Å². The molecule has 0 bridgehead atoms. The number of carbonyl (C=O) groups is 3. The summed E-state index contributed by atoms with van der Waals surface area (Å²) in [5.74, 6) is -2.40. The van der Waals surface area contributed by atoms with E-state index in [2.05, 4.69) is 38.3 Å². The van der Waals surface area contributed by atoms with Gasteiger partial charge < -0.3 is 78.7 Å². The molecule has 13 atom stereocenters. The molecule has 550 valence electrons. The minimum Gasteiger partial charge on any atom is -0.480 e. The molecule has 8 N–H and O–H groups in total. The number of carboxylic acids is 1. The van der Waals surface area contributed by atoms with E-state index in [9.17, 15) is 49.2 Å². The normalized spacial score (nSPS) is 22.8. The SMILES string of the molecule is CCCCCCCCCCCC(O)CCO[C@H]1[C@H](O)[C@@H](CO[C@@H]2O[C@H](COC)C(OP(=O)(O)O)[C@H](OCCCCCCCCCCCCCCOC(CC)CCCCCCCCC)C2NC(C)=O)O[C@H](OCC(=O)O)[C@@H]1NC(=O)CCC(O)CCCCCCCCCC. The Labute approximate surface area is 562 Å². The maximum absolute atomic E-state index is 13.8. The Bertz CT molecular complexity index is 1840. The van der Waals surface area contributed by atoms with Gasteiger partial charge in [0.2, 0.25) is 11.8 Å². The van der Waals surface area contributed by atoms with E-state index in [-0.39, 0.29) is 39.1 Å². The van der Waals surface area contributed by atoms with Crippen molar-refractivity contribution in [2.45, 2.75) is 390 Å². The highest BCUT2D eigenvalue weighted by atomic mass is 31.2. The molecule has 2 aliphatic heterocycles. The van der Waals surface area contributed by atoms with Crippen LogP contribution in [-0.4, -0.2) is 174 Å². The smallest absolute Gasteiger partial charge is 0.470 e. The number of aliphatic hydroxyl groups excluding tert-OH is 3. The van der Waals surface area contributed by atoms with Crippen LogP contribution >= 0.6 is 7.82 Å². The second kappa shape index (κ2) is 56.9. The van der Waals surface area contributed by atoms with Crippen LogP contribution in [0.4, 0.5) is 0 Å². The molecule has 0 aliphatic carbocycles. The van der Waals surface area contributed by atoms with Crippen LogP contribution in [0, 0.1) is 0 Å². The molecule has 21 nitrogen and oxygen atoms in total. The quantitative estimate of drug-likeness (QED) is 0.0207. The zero-order valence-electron chi connectivity index (χ0n) is 59.1. The van der Waals surface area contributed by atoms with Crippen LogP contribution in [0.1, 0.15) is 311 Å². The Balaban J connectivity index is 2.13. The third-order valence-electron chi connectivity index (χ3n) is 18.2. The van der Waals surface area contributed by atoms with Gasteiger partial charge in [0.25, 0.3) is 0 Å². The summed E-state index contributed by atoms with van der Waals surface area (Å²) in [6.45, 7) is 9.48. The average Bonchev–Trinajstić information content (AvgIpc) is 0.808. The number of hydrogen-bond acceptors (Lipinski definition) is 16. The summed E-state index contributed by atoms with van der Waals surface area (Å²) < 4.78 is 67.0. The zero-order chi connectivity index (χ0) is 68.2. The second-order valence-corrected chi connectivity index (χ2v) is 27.9. The third-order valence-corrected chi connectivity index (χ3v) is 18.7. The van der Waals surface area contributed by atoms with Crippen molar-refractivity contribution in [3.05, 3.63) is 0 Å². The first-order chi connectivity index (χ1) is 45.0. The highest BCUT2D eigenvalue weighted by molar-refractivity contribution is 7.46. The summed E-state index contributed by atoms with van der Waals surface area (Å²) in [6, 6.07) is -2.51. The number of ether oxygens (including phenoxy) is 8. The van der Waals surface area contributed by atoms with Gasteiger partial charge in [-0.25, -0.2) is 9.36 Å². The summed E-state index contributed by atoms with van der Waals surface area (Å²) in [5, 5.41) is 49.5. The van der Waals surface area contributed by atoms with E-state index < -0.39 is 112 Å². The van der Waals surface area contributed by atoms with Crippen LogP contribution in [0.15, 0.2) is 0 Å². The summed E-state index contributed by atoms with van der Waals surface area (Å²) in [7, 11) is -3.82. The molecular weight excluding hydrogens is 1220 g/mol. The molecule has 0 radical (unpaired) electrons. The van der Waals surface area contributed by atoms with E-state index in [0.29, 0.717) is 25.4 Å². The van der Waals surface area contributed by atoms with Crippen molar-refractivity contribution in [2.24, 2.45) is 0 Å². The van der Waals surface area contributed by atoms with Gasteiger partial charge in [-0.05, 0) is 51.4 Å². The number of unbranched alkanes of at least 4 members (excludes halogenated alkanes) is 32. The Morgan fingerprint density at radius 1 is 0.484 bits per heavy atom. The Morgan fingerprint density at radius 3 is 1.39 bits per heavy atom. The number of phosphoric acid groups is 1. The van der Waals surface area contributed by atoms with Crippen molar-refractivity contribution in [1.29, 1.82) is 0 Å². The summed E-state index contributed by atoms with van der Waals surface area (Å²) in [5.41, 5.74) is 0. The molecule has 2 heterocycles. The molecule has 22 heteroatoms. The lowest BCUT2D eigenvalue weighted by Gasteiger charge is -2.47. The Hall–Kier alpha value is -1.92. The van der Waals surface area contributed by atoms with E-state index >= 15 is 0 Å². The molecule has 0 spiro atoms. The lowest BCUT2D eigenvalue weighted by atomic mass is 9.95. The lowest BCUT2D eigenvalue weighted by Crippen LogP contribution is -2.67. The molecule has 0 aromatic rings. The van der Waals surface area contributed by atoms with Crippen LogP contribution in [0.2, 0.25) is 0 Å². The number of nitrogens with one attached hydrogen (secondary N) is 2. The standard InChI is InChI=1S/C71H137N2O19P/c1-7-11-14-17-20-26-31-35-40-45-58(76)49-52-87-68-64(73-62(77)48-47-57(75)44-39-34-30-21-18-15-12-8-2)70(89-55-63(78)79)90-60(66(68)80)54-88-71-65(72-56(5)74)69(67(92-93(81,82)83)61(91-71)53-84-6)86-51-43-38-33-28-25-23-22-24-27-32-37-42-50-85-59(10-4)46-41-36-29-19-16-13-9-3/h57-61,64-71,75-76,80H,7-55H2,1-6H3,(H,72,74)(H,73,77)(H,78,79)(H2,81,82,83)/t57?,58?,59?,60-,61-,64-,65?,66-,67?,68-,69-,70+,71-/m1/s1. The van der Waals surface area contributed by atoms with Gasteiger partial charge in [0, 0.05) is 40.3 Å². The second-order valence-electron chi connectivity index (χ2n) is 26.7. The third kappa shape index (κ3) is 44.0. The van der Waals surface area contributed by atoms with Crippen LogP contribution < -0.4 is 10.6 Å². The van der Waals surface area contributed by atoms with Gasteiger partial charge in [0.1, 0.15) is 55.3 Å². The zero-order valence-corrected chi connectivity index (χ0v) is 60.0. The molecule has 0 aromatic heterocycles. The number of aliphatic carboxylic acids is 1. The maximum atomic E-state index is 13.8. The maximum Gasteiger partial charge on any atom is 0.470 e. The summed E-state index contributed by atoms with van der Waals surface area (Å²) in [6.07, 6.45) is 32.8. The van der Waals surface area contributed by atoms with Gasteiger partial charge in [0.05, 0.1) is 31.5 Å². The van der Waals surface area contributed by atoms with E-state index in [1.807, 2.05) is 0 Å². The number of phosphoric ester groups is 1. The molecule has 2 aliphatic rings. The lowest BCUT2D eigenvalue weighted by molar-refractivity contribution is -0.308. The molecule has 2 rings (SSSR count). The number of amides is 2. The van der Waals surface area contributed by atoms with Crippen LogP contribution in [0.3, 0.4) is 0 Å². The molecule has 0 aromatic carbocycles. The first-order valence-corrected chi connectivity index (χ1v) is 38.9. The van der Waals surface area contributed by atoms with Gasteiger partial charge in [-0.1, -0.05) is 246 Å². The fourth-order valence-corrected chi connectivity index (χ4v) is 13.2. The molecule has 2 amide bonds. The van der Waals surface area contributed by atoms with Crippen molar-refractivity contribution in [2.75, 3.05) is 46.8 Å². The van der Waals surface area contributed by atoms with E-state index in [4.69, 9.17) is 42.4 Å². The van der Waals surface area contributed by atoms with Crippen LogP contribution in [0.5, 0.6) is 0 Å². The monoisotopic (exact) mass is 1350 g/mol. The van der Waals surface area contributed by atoms with Crippen LogP contribution in [-0.2, 0) is 61.4 Å². The largest absolute Gasteiger partial charge is 0.480 e. The molecule has 2 saturated heterocycles. The van der Waals surface area contributed by atoms with Gasteiger partial charge in [0.15, 0.2) is 12.6 Å². The van der Waals surface area contributed by atoms with Crippen molar-refractivity contribution in [3.63, 3.8) is 0 Å². The van der Waals surface area contributed by atoms with Gasteiger partial charge in [-0.3, -0.25) is 14.1 Å². The fourth-order valence-electron chi connectivity index (χ4n) is 12.7. The molecule has 2 fully saturated rings. The summed E-state index contributed by atoms with van der Waals surface area (Å²) in [4.78, 5) is 59.1. The first kappa shape index (κ1) is 87.2. The number of methoxy groups -OCH3 is 1.